The van der Waals surface area contributed by atoms with E-state index >= 15 is 0 Å². The fourth-order valence-corrected chi connectivity index (χ4v) is 2.06. The van der Waals surface area contributed by atoms with Gasteiger partial charge in [0.1, 0.15) is 11.5 Å². The second-order valence-electron chi connectivity index (χ2n) is 4.22. The summed E-state index contributed by atoms with van der Waals surface area (Å²) < 4.78 is 10.5. The van der Waals surface area contributed by atoms with Gasteiger partial charge in [0.15, 0.2) is 0 Å². The van der Waals surface area contributed by atoms with Gasteiger partial charge in [0, 0.05) is 5.03 Å². The van der Waals surface area contributed by atoms with E-state index in [2.05, 4.69) is 0 Å². The number of rotatable bonds is 5. The van der Waals surface area contributed by atoms with Gasteiger partial charge in [0.25, 0.3) is 0 Å². The molecule has 0 heterocycles. The Hall–Kier alpha value is -1.93. The maximum absolute atomic E-state index is 6.33. The zero-order valence-corrected chi connectivity index (χ0v) is 12.4. The van der Waals surface area contributed by atoms with Crippen molar-refractivity contribution in [2.75, 3.05) is 13.7 Å². The van der Waals surface area contributed by atoms with Crippen LogP contribution in [0.5, 0.6) is 11.5 Å². The van der Waals surface area contributed by atoms with Gasteiger partial charge in [0.2, 0.25) is 0 Å². The minimum atomic E-state index is 0.668. The van der Waals surface area contributed by atoms with E-state index in [9.17, 15) is 0 Å². The molecule has 2 aromatic carbocycles. The molecule has 20 heavy (non-hydrogen) atoms. The summed E-state index contributed by atoms with van der Waals surface area (Å²) in [7, 11) is 1.65. The second-order valence-corrected chi connectivity index (χ2v) is 4.63. The van der Waals surface area contributed by atoms with E-state index in [1.54, 1.807) is 7.11 Å². The number of ether oxygens (including phenoxy) is 2. The minimum Gasteiger partial charge on any atom is -0.497 e. The maximum atomic E-state index is 6.33. The number of hydrogen-bond donors (Lipinski definition) is 0. The molecule has 2 nitrogen and oxygen atoms in total. The van der Waals surface area contributed by atoms with Crippen molar-refractivity contribution in [1.29, 1.82) is 0 Å². The molecule has 2 aromatic rings. The van der Waals surface area contributed by atoms with E-state index in [1.165, 1.54) is 0 Å². The number of benzene rings is 2. The van der Waals surface area contributed by atoms with Crippen LogP contribution in [0.4, 0.5) is 0 Å². The lowest BCUT2D eigenvalue weighted by atomic mass is 10.1. The van der Waals surface area contributed by atoms with Crippen molar-refractivity contribution in [1.82, 2.24) is 0 Å². The smallest absolute Gasteiger partial charge is 0.119 e. The molecule has 104 valence electrons. The predicted octanol–water partition coefficient (Wildman–Crippen LogP) is 4.83. The monoisotopic (exact) mass is 288 g/mol. The van der Waals surface area contributed by atoms with Gasteiger partial charge in [-0.2, -0.15) is 0 Å². The average molecular weight is 289 g/mol. The summed E-state index contributed by atoms with van der Waals surface area (Å²) >= 11 is 6.33. The van der Waals surface area contributed by atoms with Crippen LogP contribution in [0.1, 0.15) is 18.1 Å². The lowest BCUT2D eigenvalue weighted by Gasteiger charge is -2.04. The van der Waals surface area contributed by atoms with Crippen LogP contribution in [0.25, 0.3) is 11.1 Å². The summed E-state index contributed by atoms with van der Waals surface area (Å²) in [5.41, 5.74) is 2.00. The fourth-order valence-electron chi connectivity index (χ4n) is 1.81. The topological polar surface area (TPSA) is 18.5 Å². The van der Waals surface area contributed by atoms with E-state index in [1.807, 2.05) is 61.5 Å². The van der Waals surface area contributed by atoms with Crippen LogP contribution in [0.15, 0.2) is 48.5 Å². The summed E-state index contributed by atoms with van der Waals surface area (Å²) in [4.78, 5) is 0. The highest BCUT2D eigenvalue weighted by atomic mass is 35.5. The van der Waals surface area contributed by atoms with Crippen LogP contribution in [-0.4, -0.2) is 13.7 Å². The highest BCUT2D eigenvalue weighted by molar-refractivity contribution is 6.51. The Bertz CT molecular complexity index is 571. The van der Waals surface area contributed by atoms with Crippen molar-refractivity contribution in [3.8, 4) is 11.5 Å². The molecule has 0 saturated heterocycles. The minimum absolute atomic E-state index is 0.668. The van der Waals surface area contributed by atoms with Crippen LogP contribution in [0.3, 0.4) is 0 Å². The Kier molecular flexibility index (Phi) is 5.08. The first-order valence-corrected chi connectivity index (χ1v) is 6.85. The first-order chi connectivity index (χ1) is 9.72. The molecule has 0 unspecified atom stereocenters. The highest BCUT2D eigenvalue weighted by Gasteiger charge is 2.00. The molecule has 0 atom stereocenters. The molecule has 3 heteroatoms. The van der Waals surface area contributed by atoms with Gasteiger partial charge in [-0.25, -0.2) is 0 Å². The third-order valence-electron chi connectivity index (χ3n) is 2.85. The first kappa shape index (κ1) is 14.5. The highest BCUT2D eigenvalue weighted by Crippen LogP contribution is 2.25. The maximum Gasteiger partial charge on any atom is 0.119 e. The van der Waals surface area contributed by atoms with Gasteiger partial charge in [-0.1, -0.05) is 23.7 Å². The zero-order valence-electron chi connectivity index (χ0n) is 11.6. The van der Waals surface area contributed by atoms with E-state index in [4.69, 9.17) is 21.1 Å². The molecule has 0 amide bonds. The second kappa shape index (κ2) is 7.01. The number of hydrogen-bond acceptors (Lipinski definition) is 2. The summed E-state index contributed by atoms with van der Waals surface area (Å²) in [5.74, 6) is 1.68. The van der Waals surface area contributed by atoms with Crippen LogP contribution >= 0.6 is 11.6 Å². The molecule has 0 aliphatic rings. The van der Waals surface area contributed by atoms with E-state index in [0.29, 0.717) is 11.6 Å². The first-order valence-electron chi connectivity index (χ1n) is 6.47. The van der Waals surface area contributed by atoms with Crippen molar-refractivity contribution in [3.63, 3.8) is 0 Å². The quantitative estimate of drug-likeness (QED) is 0.734. The number of methoxy groups -OCH3 is 1. The third-order valence-corrected chi connectivity index (χ3v) is 3.18. The van der Waals surface area contributed by atoms with Crippen molar-refractivity contribution in [2.45, 2.75) is 6.92 Å². The Morgan fingerprint density at radius 3 is 2.15 bits per heavy atom. The zero-order chi connectivity index (χ0) is 14.4. The van der Waals surface area contributed by atoms with Crippen molar-refractivity contribution in [2.24, 2.45) is 0 Å². The fraction of sp³-hybridized carbons (Fsp3) is 0.176. The molecule has 0 bridgehead atoms. The van der Waals surface area contributed by atoms with Gasteiger partial charge in [-0.15, -0.1) is 0 Å². The van der Waals surface area contributed by atoms with Crippen molar-refractivity contribution >= 4 is 22.7 Å². The lowest BCUT2D eigenvalue weighted by Crippen LogP contribution is -1.90. The van der Waals surface area contributed by atoms with Gasteiger partial charge < -0.3 is 9.47 Å². The standard InChI is InChI=1S/C17H17ClO2/c1-3-20-16-8-4-13(5-9-16)12-17(18)14-6-10-15(19-2)11-7-14/h4-12H,3H2,1-2H3. The van der Waals surface area contributed by atoms with E-state index < -0.39 is 0 Å². The molecule has 0 saturated carbocycles. The van der Waals surface area contributed by atoms with Crippen LogP contribution < -0.4 is 9.47 Å². The van der Waals surface area contributed by atoms with Gasteiger partial charge >= 0.3 is 0 Å². The molecular weight excluding hydrogens is 272 g/mol. The van der Waals surface area contributed by atoms with Crippen LogP contribution in [0.2, 0.25) is 0 Å². The molecule has 0 aliphatic carbocycles. The van der Waals surface area contributed by atoms with E-state index in [0.717, 1.165) is 22.6 Å². The van der Waals surface area contributed by atoms with Gasteiger partial charge in [-0.3, -0.25) is 0 Å². The van der Waals surface area contributed by atoms with Gasteiger partial charge in [0.05, 0.1) is 13.7 Å². The molecule has 0 aromatic heterocycles. The van der Waals surface area contributed by atoms with Gasteiger partial charge in [-0.05, 0) is 60.5 Å². The predicted molar refractivity (Wildman–Crippen MR) is 84.3 cm³/mol. The Morgan fingerprint density at radius 2 is 1.60 bits per heavy atom. The van der Waals surface area contributed by atoms with Crippen LogP contribution in [-0.2, 0) is 0 Å². The average Bonchev–Trinajstić information content (AvgIpc) is 2.49. The van der Waals surface area contributed by atoms with Crippen LogP contribution in [0, 0.1) is 0 Å². The largest absolute Gasteiger partial charge is 0.497 e. The SMILES string of the molecule is CCOc1ccc(C=C(Cl)c2ccc(OC)cc2)cc1. The summed E-state index contributed by atoms with van der Waals surface area (Å²) in [6, 6.07) is 15.5. The molecule has 0 spiro atoms. The third kappa shape index (κ3) is 3.78. The normalized spacial score (nSPS) is 11.2. The summed E-state index contributed by atoms with van der Waals surface area (Å²) in [6.07, 6.45) is 1.93. The molecular formula is C17H17ClO2. The Balaban J connectivity index is 2.15. The molecule has 0 radical (unpaired) electrons. The summed E-state index contributed by atoms with van der Waals surface area (Å²) in [5, 5.41) is 0.691. The van der Waals surface area contributed by atoms with E-state index in [-0.39, 0.29) is 0 Å². The van der Waals surface area contributed by atoms with Crippen molar-refractivity contribution in [3.05, 3.63) is 59.7 Å². The lowest BCUT2D eigenvalue weighted by molar-refractivity contribution is 0.340. The Morgan fingerprint density at radius 1 is 1.00 bits per heavy atom. The Labute approximate surface area is 124 Å². The molecule has 0 aliphatic heterocycles. The number of halogens is 1. The van der Waals surface area contributed by atoms with Crippen molar-refractivity contribution < 1.29 is 9.47 Å². The molecule has 0 N–H and O–H groups in total. The molecule has 0 fully saturated rings. The molecule has 2 rings (SSSR count). The summed E-state index contributed by atoms with van der Waals surface area (Å²) in [6.45, 7) is 2.64.